The van der Waals surface area contributed by atoms with E-state index >= 15 is 0 Å². The van der Waals surface area contributed by atoms with Crippen LogP contribution in [-0.2, 0) is 9.53 Å². The fraction of sp³-hybridized carbons (Fsp3) is 0.238. The Morgan fingerprint density at radius 3 is 2.60 bits per heavy atom. The first-order valence-corrected chi connectivity index (χ1v) is 9.51. The van der Waals surface area contributed by atoms with Crippen LogP contribution in [0.1, 0.15) is 27.9 Å². The van der Waals surface area contributed by atoms with Gasteiger partial charge in [0.1, 0.15) is 5.82 Å². The average molecular weight is 425 g/mol. The van der Waals surface area contributed by atoms with E-state index in [-0.39, 0.29) is 23.3 Å². The summed E-state index contributed by atoms with van der Waals surface area (Å²) in [4.78, 5) is 27.6. The molecule has 0 bridgehead atoms. The Kier molecular flexibility index (Phi) is 4.76. The zero-order chi connectivity index (χ0) is 21.6. The number of ether oxygens (including phenoxy) is 1. The summed E-state index contributed by atoms with van der Waals surface area (Å²) in [7, 11) is 0. The molecule has 1 atom stereocenters. The second kappa shape index (κ2) is 7.16. The monoisotopic (exact) mass is 425 g/mol. The minimum Gasteiger partial charge on any atom is -0.478 e. The van der Waals surface area contributed by atoms with E-state index in [1.807, 2.05) is 0 Å². The Bertz CT molecular complexity index is 1140. The molecule has 2 saturated heterocycles. The first-order chi connectivity index (χ1) is 14.3. The maximum atomic E-state index is 14.4. The minimum absolute atomic E-state index is 0.0695. The zero-order valence-electron chi connectivity index (χ0n) is 15.9. The van der Waals surface area contributed by atoms with Crippen molar-refractivity contribution < 1.29 is 23.8 Å². The van der Waals surface area contributed by atoms with Crippen LogP contribution in [0.2, 0.25) is 0 Å². The quantitative estimate of drug-likeness (QED) is 0.756. The molecule has 152 valence electrons. The fourth-order valence-corrected chi connectivity index (χ4v) is 4.36. The van der Waals surface area contributed by atoms with Gasteiger partial charge in [-0.3, -0.25) is 9.69 Å². The number of halogens is 1. The van der Waals surface area contributed by atoms with Gasteiger partial charge in [-0.1, -0.05) is 0 Å². The highest BCUT2D eigenvalue weighted by atomic mass is 32.1. The van der Waals surface area contributed by atoms with Gasteiger partial charge < -0.3 is 14.7 Å². The summed E-state index contributed by atoms with van der Waals surface area (Å²) in [6, 6.07) is 10.7. The van der Waals surface area contributed by atoms with E-state index in [9.17, 15) is 14.0 Å². The topological polar surface area (TPSA) is 93.9 Å². The number of carbonyl (C=O) groups is 2. The van der Waals surface area contributed by atoms with Crippen LogP contribution < -0.4 is 9.80 Å². The van der Waals surface area contributed by atoms with E-state index < -0.39 is 22.9 Å². The molecule has 1 amide bonds. The molecule has 0 aliphatic carbocycles. The van der Waals surface area contributed by atoms with Gasteiger partial charge in [0.2, 0.25) is 0 Å². The lowest BCUT2D eigenvalue weighted by atomic mass is 9.95. The van der Waals surface area contributed by atoms with Crippen LogP contribution in [0.4, 0.5) is 15.8 Å². The lowest BCUT2D eigenvalue weighted by Crippen LogP contribution is -2.50. The summed E-state index contributed by atoms with van der Waals surface area (Å²) < 4.78 is 19.9. The molecule has 4 rings (SSSR count). The van der Waals surface area contributed by atoms with Gasteiger partial charge in [0.25, 0.3) is 5.91 Å². The largest absolute Gasteiger partial charge is 0.478 e. The predicted octanol–water partition coefficient (Wildman–Crippen LogP) is 3.00. The zero-order valence-corrected chi connectivity index (χ0v) is 16.7. The van der Waals surface area contributed by atoms with Crippen LogP contribution in [0.3, 0.4) is 0 Å². The number of benzene rings is 2. The molecule has 1 spiro atoms. The van der Waals surface area contributed by atoms with Crippen LogP contribution in [0.5, 0.6) is 0 Å². The molecule has 7 nitrogen and oxygen atoms in total. The molecule has 2 aromatic rings. The third-order valence-corrected chi connectivity index (χ3v) is 5.81. The first kappa shape index (κ1) is 19.9. The van der Waals surface area contributed by atoms with Crippen LogP contribution >= 0.6 is 12.2 Å². The highest BCUT2D eigenvalue weighted by molar-refractivity contribution is 7.81. The fourth-order valence-electron chi connectivity index (χ4n) is 3.89. The van der Waals surface area contributed by atoms with Crippen molar-refractivity contribution in [3.8, 4) is 6.07 Å². The molecule has 0 unspecified atom stereocenters. The number of nitrogens with zero attached hydrogens (tertiary/aromatic N) is 3. The van der Waals surface area contributed by atoms with Crippen molar-refractivity contribution in [3.05, 3.63) is 58.9 Å². The van der Waals surface area contributed by atoms with Gasteiger partial charge in [-0.05, 0) is 61.1 Å². The number of thiocarbonyl (C=S) groups is 1. The second-order valence-electron chi connectivity index (χ2n) is 7.17. The van der Waals surface area contributed by atoms with Crippen LogP contribution in [0.15, 0.2) is 36.4 Å². The summed E-state index contributed by atoms with van der Waals surface area (Å²) >= 11 is 5.62. The molecule has 9 heteroatoms. The average Bonchev–Trinajstić information content (AvgIpc) is 3.26. The van der Waals surface area contributed by atoms with Crippen molar-refractivity contribution in [1.82, 2.24) is 0 Å². The van der Waals surface area contributed by atoms with Gasteiger partial charge >= 0.3 is 5.97 Å². The summed E-state index contributed by atoms with van der Waals surface area (Å²) in [5.74, 6) is -2.61. The van der Waals surface area contributed by atoms with Crippen LogP contribution in [0.25, 0.3) is 0 Å². The molecule has 2 aliphatic heterocycles. The summed E-state index contributed by atoms with van der Waals surface area (Å²) in [6.45, 7) is 2.17. The van der Waals surface area contributed by atoms with Crippen molar-refractivity contribution in [2.24, 2.45) is 0 Å². The minimum atomic E-state index is -1.38. The number of carboxylic acid groups (broad SMARTS) is 1. The maximum absolute atomic E-state index is 14.4. The molecule has 2 aromatic carbocycles. The molecule has 2 fully saturated rings. The van der Waals surface area contributed by atoms with Crippen LogP contribution in [0, 0.1) is 24.1 Å². The Morgan fingerprint density at radius 1 is 1.30 bits per heavy atom. The lowest BCUT2D eigenvalue weighted by Gasteiger charge is -2.31. The summed E-state index contributed by atoms with van der Waals surface area (Å²) in [5.41, 5.74) is 0.338. The number of hydrogen-bond acceptors (Lipinski definition) is 5. The number of rotatable bonds is 3. The van der Waals surface area contributed by atoms with E-state index in [0.717, 1.165) is 12.1 Å². The molecule has 0 radical (unpaired) electrons. The number of aryl methyl sites for hydroxylation is 1. The third kappa shape index (κ3) is 2.84. The molecule has 2 heterocycles. The number of hydrogen-bond donors (Lipinski definition) is 1. The van der Waals surface area contributed by atoms with Gasteiger partial charge in [-0.15, -0.1) is 0 Å². The summed E-state index contributed by atoms with van der Waals surface area (Å²) in [6.07, 6.45) is 0.347. The number of anilines is 2. The van der Waals surface area contributed by atoms with Gasteiger partial charge in [0, 0.05) is 18.7 Å². The molecule has 1 N–H and O–H groups in total. The molecule has 0 aromatic heterocycles. The number of amides is 1. The Morgan fingerprint density at radius 2 is 2.03 bits per heavy atom. The molecule has 30 heavy (non-hydrogen) atoms. The second-order valence-corrected chi connectivity index (χ2v) is 7.54. The van der Waals surface area contributed by atoms with Gasteiger partial charge in [-0.2, -0.15) is 5.26 Å². The van der Waals surface area contributed by atoms with E-state index in [1.54, 1.807) is 30.0 Å². The number of carboxylic acids is 1. The number of nitriles is 1. The normalized spacial score (nSPS) is 20.8. The SMILES string of the molecule is Cc1cc(N2C(=O)[C@]3(CCOC3)N(c3ccc(C(=O)O)c(F)c3)C2=S)ccc1C#N. The highest BCUT2D eigenvalue weighted by Gasteiger charge is 2.58. The number of carbonyl (C=O) groups excluding carboxylic acids is 1. The van der Waals surface area contributed by atoms with Crippen molar-refractivity contribution >= 4 is 40.6 Å². The van der Waals surface area contributed by atoms with E-state index in [1.165, 1.54) is 11.0 Å². The summed E-state index contributed by atoms with van der Waals surface area (Å²) in [5, 5.41) is 18.4. The standard InChI is InChI=1S/C21H16FN3O4S/c1-12-8-14(3-2-13(12)10-23)24-19(28)21(6-7-29-11-21)25(20(24)30)15-4-5-16(18(26)27)17(22)9-15/h2-5,8-9H,6-7,11H2,1H3,(H,26,27)/t21-/m1/s1. The highest BCUT2D eigenvalue weighted by Crippen LogP contribution is 2.41. The Labute approximate surface area is 176 Å². The smallest absolute Gasteiger partial charge is 0.338 e. The van der Waals surface area contributed by atoms with E-state index in [4.69, 9.17) is 27.3 Å². The molecule has 0 saturated carbocycles. The Balaban J connectivity index is 1.83. The molecular weight excluding hydrogens is 409 g/mol. The Hall–Kier alpha value is -3.35. The number of aromatic carboxylic acids is 1. The van der Waals surface area contributed by atoms with Crippen molar-refractivity contribution in [3.63, 3.8) is 0 Å². The van der Waals surface area contributed by atoms with Crippen molar-refractivity contribution in [2.45, 2.75) is 18.9 Å². The van der Waals surface area contributed by atoms with E-state index in [2.05, 4.69) is 6.07 Å². The van der Waals surface area contributed by atoms with Gasteiger partial charge in [-0.25, -0.2) is 9.18 Å². The predicted molar refractivity (Wildman–Crippen MR) is 110 cm³/mol. The van der Waals surface area contributed by atoms with Crippen molar-refractivity contribution in [2.75, 3.05) is 23.0 Å². The van der Waals surface area contributed by atoms with Crippen molar-refractivity contribution in [1.29, 1.82) is 5.26 Å². The van der Waals surface area contributed by atoms with Gasteiger partial charge in [0.15, 0.2) is 10.7 Å². The van der Waals surface area contributed by atoms with Gasteiger partial charge in [0.05, 0.1) is 29.5 Å². The van der Waals surface area contributed by atoms with Crippen LogP contribution in [-0.4, -0.2) is 40.8 Å². The maximum Gasteiger partial charge on any atom is 0.338 e. The first-order valence-electron chi connectivity index (χ1n) is 9.10. The van der Waals surface area contributed by atoms with E-state index in [0.29, 0.717) is 29.8 Å². The lowest BCUT2D eigenvalue weighted by molar-refractivity contribution is -0.121. The molecule has 2 aliphatic rings. The molecular formula is C21H16FN3O4S. The third-order valence-electron chi connectivity index (χ3n) is 5.44.